The third-order valence-corrected chi connectivity index (χ3v) is 4.52. The van der Waals surface area contributed by atoms with Gasteiger partial charge in [0, 0.05) is 0 Å². The van der Waals surface area contributed by atoms with Gasteiger partial charge in [0.25, 0.3) is 0 Å². The van der Waals surface area contributed by atoms with Crippen LogP contribution in [0, 0.1) is 16.9 Å². The molecule has 0 aromatic heterocycles. The molecule has 1 fully saturated rings. The van der Waals surface area contributed by atoms with Gasteiger partial charge in [0.2, 0.25) is 5.96 Å². The first kappa shape index (κ1) is 15.8. The molecule has 0 bridgehead atoms. The Balaban J connectivity index is 2.67. The van der Waals surface area contributed by atoms with Crippen molar-refractivity contribution < 1.29 is 0 Å². The van der Waals surface area contributed by atoms with Gasteiger partial charge in [-0.15, -0.1) is 0 Å². The van der Waals surface area contributed by atoms with Gasteiger partial charge in [-0.1, -0.05) is 51.9 Å². The largest absolute Gasteiger partial charge is 0.369 e. The van der Waals surface area contributed by atoms with Gasteiger partial charge >= 0.3 is 0 Å². The van der Waals surface area contributed by atoms with Crippen LogP contribution >= 0.6 is 0 Å². The molecule has 1 aliphatic rings. The van der Waals surface area contributed by atoms with Crippen LogP contribution in [-0.4, -0.2) is 12.0 Å². The summed E-state index contributed by atoms with van der Waals surface area (Å²) in [5.74, 6) is 0.244. The van der Waals surface area contributed by atoms with Crippen LogP contribution in [0.2, 0.25) is 0 Å². The van der Waals surface area contributed by atoms with Crippen LogP contribution in [0.3, 0.4) is 0 Å². The van der Waals surface area contributed by atoms with Gasteiger partial charge in [-0.25, -0.2) is 4.99 Å². The molecular formula is C15H28N4. The summed E-state index contributed by atoms with van der Waals surface area (Å²) in [6.07, 6.45) is 13.6. The van der Waals surface area contributed by atoms with Crippen molar-refractivity contribution in [3.05, 3.63) is 0 Å². The minimum atomic E-state index is 0.160. The third-order valence-electron chi connectivity index (χ3n) is 4.52. The molecule has 1 rings (SSSR count). The van der Waals surface area contributed by atoms with Crippen LogP contribution in [0.1, 0.15) is 71.6 Å². The second-order valence-corrected chi connectivity index (χ2v) is 6.06. The maximum Gasteiger partial charge on any atom is 0.202 e. The summed E-state index contributed by atoms with van der Waals surface area (Å²) >= 11 is 0. The lowest BCUT2D eigenvalue weighted by molar-refractivity contribution is 0.205. The van der Waals surface area contributed by atoms with Crippen molar-refractivity contribution in [2.24, 2.45) is 16.1 Å². The Bertz CT molecular complexity index is 320. The second-order valence-electron chi connectivity index (χ2n) is 6.06. The van der Waals surface area contributed by atoms with E-state index in [1.165, 1.54) is 57.8 Å². The van der Waals surface area contributed by atoms with Gasteiger partial charge in [0.05, 0.1) is 6.04 Å². The molecule has 0 radical (unpaired) electrons. The molecule has 0 aromatic rings. The van der Waals surface area contributed by atoms with Crippen molar-refractivity contribution in [1.82, 2.24) is 5.32 Å². The lowest BCUT2D eigenvalue weighted by Crippen LogP contribution is -2.35. The fraction of sp³-hybridized carbons (Fsp3) is 0.867. The molecule has 3 N–H and O–H groups in total. The van der Waals surface area contributed by atoms with E-state index >= 15 is 0 Å². The maximum absolute atomic E-state index is 8.55. The molecule has 0 saturated heterocycles. The van der Waals surface area contributed by atoms with E-state index in [1.807, 2.05) is 6.19 Å². The molecule has 1 aliphatic carbocycles. The average Bonchev–Trinajstić information content (AvgIpc) is 2.37. The second kappa shape index (κ2) is 8.04. The highest BCUT2D eigenvalue weighted by molar-refractivity contribution is 5.79. The summed E-state index contributed by atoms with van der Waals surface area (Å²) in [6, 6.07) is 0.160. The molecule has 0 spiro atoms. The quantitative estimate of drug-likeness (QED) is 0.348. The molecule has 4 heteroatoms. The van der Waals surface area contributed by atoms with E-state index in [4.69, 9.17) is 11.0 Å². The first-order valence-electron chi connectivity index (χ1n) is 7.57. The number of guanidine groups is 1. The normalized spacial score (nSPS) is 23.1. The summed E-state index contributed by atoms with van der Waals surface area (Å²) in [7, 11) is 0. The zero-order valence-electron chi connectivity index (χ0n) is 12.4. The van der Waals surface area contributed by atoms with Crippen molar-refractivity contribution in [2.75, 3.05) is 0 Å². The Morgan fingerprint density at radius 2 is 1.63 bits per heavy atom. The standard InChI is InChI=1S/C15H28N4/c1-13(19-14(17)18-12-16)15(2)10-8-6-4-3-5-7-9-11-15/h13H,3-11H2,1-2H3,(H3,17,18,19)/t13-/m1/s1. The number of rotatable bonds is 2. The number of aliphatic imine (C=N–C) groups is 1. The molecule has 0 unspecified atom stereocenters. The Labute approximate surface area is 117 Å². The summed E-state index contributed by atoms with van der Waals surface area (Å²) in [4.78, 5) is 4.45. The van der Waals surface area contributed by atoms with Crippen molar-refractivity contribution in [1.29, 1.82) is 5.26 Å². The lowest BCUT2D eigenvalue weighted by atomic mass is 9.74. The molecule has 0 heterocycles. The molecule has 19 heavy (non-hydrogen) atoms. The van der Waals surface area contributed by atoms with Crippen molar-refractivity contribution >= 4 is 5.96 Å². The molecule has 1 atom stereocenters. The summed E-state index contributed by atoms with van der Waals surface area (Å²) in [5, 5.41) is 11.0. The van der Waals surface area contributed by atoms with Crippen LogP contribution in [0.25, 0.3) is 0 Å². The SMILES string of the molecule is C[C@@H](N=C(N)NC#N)C1(C)CCCCCCCCC1. The lowest BCUT2D eigenvalue weighted by Gasteiger charge is -2.34. The summed E-state index contributed by atoms with van der Waals surface area (Å²) in [6.45, 7) is 4.44. The highest BCUT2D eigenvalue weighted by Gasteiger charge is 2.30. The van der Waals surface area contributed by atoms with Gasteiger partial charge in [-0.3, -0.25) is 5.32 Å². The molecule has 0 aliphatic heterocycles. The summed E-state index contributed by atoms with van der Waals surface area (Å²) in [5.41, 5.74) is 5.90. The molecular weight excluding hydrogens is 236 g/mol. The Morgan fingerprint density at radius 1 is 1.16 bits per heavy atom. The Morgan fingerprint density at radius 3 is 2.11 bits per heavy atom. The number of nitrogens with one attached hydrogen (secondary N) is 1. The van der Waals surface area contributed by atoms with Crippen LogP contribution in [0.5, 0.6) is 0 Å². The van der Waals surface area contributed by atoms with E-state index in [1.54, 1.807) is 0 Å². The maximum atomic E-state index is 8.55. The predicted molar refractivity (Wildman–Crippen MR) is 79.5 cm³/mol. The van der Waals surface area contributed by atoms with E-state index in [2.05, 4.69) is 24.2 Å². The number of nitriles is 1. The first-order valence-corrected chi connectivity index (χ1v) is 7.57. The summed E-state index contributed by atoms with van der Waals surface area (Å²) < 4.78 is 0. The zero-order valence-corrected chi connectivity index (χ0v) is 12.4. The predicted octanol–water partition coefficient (Wildman–Crippen LogP) is 3.29. The average molecular weight is 264 g/mol. The third kappa shape index (κ3) is 5.50. The van der Waals surface area contributed by atoms with E-state index in [0.29, 0.717) is 0 Å². The monoisotopic (exact) mass is 264 g/mol. The van der Waals surface area contributed by atoms with Gasteiger partial charge in [-0.05, 0) is 25.2 Å². The fourth-order valence-electron chi connectivity index (χ4n) is 2.94. The number of nitrogens with two attached hydrogens (primary N) is 1. The molecule has 1 saturated carbocycles. The number of hydrogen-bond donors (Lipinski definition) is 2. The van der Waals surface area contributed by atoms with E-state index in [-0.39, 0.29) is 17.4 Å². The smallest absolute Gasteiger partial charge is 0.202 e. The molecule has 4 nitrogen and oxygen atoms in total. The van der Waals surface area contributed by atoms with Gasteiger partial charge in [0.1, 0.15) is 0 Å². The van der Waals surface area contributed by atoms with Crippen LogP contribution in [-0.2, 0) is 0 Å². The van der Waals surface area contributed by atoms with E-state index < -0.39 is 0 Å². The molecule has 0 aromatic carbocycles. The minimum absolute atomic E-state index is 0.160. The van der Waals surface area contributed by atoms with Gasteiger partial charge in [-0.2, -0.15) is 5.26 Å². The van der Waals surface area contributed by atoms with Crippen LogP contribution in [0.4, 0.5) is 0 Å². The fourth-order valence-corrected chi connectivity index (χ4v) is 2.94. The van der Waals surface area contributed by atoms with E-state index in [0.717, 1.165) is 0 Å². The van der Waals surface area contributed by atoms with Crippen LogP contribution in [0.15, 0.2) is 4.99 Å². The van der Waals surface area contributed by atoms with Crippen molar-refractivity contribution in [3.63, 3.8) is 0 Å². The zero-order chi connectivity index (χ0) is 14.1. The van der Waals surface area contributed by atoms with Crippen molar-refractivity contribution in [3.8, 4) is 6.19 Å². The highest BCUT2D eigenvalue weighted by atomic mass is 15.1. The Kier molecular flexibility index (Phi) is 6.69. The number of hydrogen-bond acceptors (Lipinski definition) is 2. The minimum Gasteiger partial charge on any atom is -0.369 e. The molecule has 108 valence electrons. The first-order chi connectivity index (χ1) is 9.08. The van der Waals surface area contributed by atoms with Gasteiger partial charge < -0.3 is 5.73 Å². The van der Waals surface area contributed by atoms with E-state index in [9.17, 15) is 0 Å². The van der Waals surface area contributed by atoms with Gasteiger partial charge in [0.15, 0.2) is 6.19 Å². The van der Waals surface area contributed by atoms with Crippen molar-refractivity contribution in [2.45, 2.75) is 77.7 Å². The van der Waals surface area contributed by atoms with Crippen LogP contribution < -0.4 is 11.1 Å². The number of nitrogens with zero attached hydrogens (tertiary/aromatic N) is 2. The highest BCUT2D eigenvalue weighted by Crippen LogP contribution is 2.37. The topological polar surface area (TPSA) is 74.2 Å². The Hall–Kier alpha value is -1.24. The molecule has 0 amide bonds.